The van der Waals surface area contributed by atoms with Crippen LogP contribution in [-0.2, 0) is 17.1 Å². The van der Waals surface area contributed by atoms with Crippen molar-refractivity contribution in [3.63, 3.8) is 0 Å². The predicted molar refractivity (Wildman–Crippen MR) is 66.6 cm³/mol. The molecule has 0 bridgehead atoms. The summed E-state index contributed by atoms with van der Waals surface area (Å²) in [5.74, 6) is 0.0584. The average Bonchev–Trinajstić information content (AvgIpc) is 2.58. The minimum Gasteiger partial charge on any atom is -0.262 e. The summed E-state index contributed by atoms with van der Waals surface area (Å²) in [5.41, 5.74) is 0. The van der Waals surface area contributed by atoms with E-state index in [0.717, 1.165) is 4.68 Å². The third-order valence-electron chi connectivity index (χ3n) is 1.86. The topological polar surface area (TPSA) is 103 Å². The molecule has 11 heteroatoms. The Morgan fingerprint density at radius 2 is 2.22 bits per heavy atom. The first-order chi connectivity index (χ1) is 8.40. The number of nitrogens with zero attached hydrogens (tertiary/aromatic N) is 5. The van der Waals surface area contributed by atoms with Gasteiger partial charge < -0.3 is 0 Å². The first-order valence-electron chi connectivity index (χ1n) is 4.47. The summed E-state index contributed by atoms with van der Waals surface area (Å²) in [7, 11) is -2.40. The first-order valence-corrected chi connectivity index (χ1v) is 7.12. The zero-order valence-corrected chi connectivity index (χ0v) is 12.0. The van der Waals surface area contributed by atoms with Crippen molar-refractivity contribution in [3.05, 3.63) is 22.1 Å². The van der Waals surface area contributed by atoms with E-state index in [4.69, 9.17) is 11.6 Å². The molecule has 2 heterocycles. The third kappa shape index (κ3) is 2.60. The van der Waals surface area contributed by atoms with Crippen LogP contribution in [0.2, 0.25) is 5.28 Å². The Bertz CT molecular complexity index is 667. The van der Waals surface area contributed by atoms with E-state index in [1.807, 2.05) is 0 Å². The molecule has 0 fully saturated rings. The number of rotatable bonds is 3. The van der Waals surface area contributed by atoms with Gasteiger partial charge in [0.05, 0.1) is 0 Å². The number of aromatic nitrogens is 5. The van der Waals surface area contributed by atoms with Crippen LogP contribution >= 0.6 is 27.5 Å². The normalized spacial score (nSPS) is 11.5. The fourth-order valence-corrected chi connectivity index (χ4v) is 3.43. The van der Waals surface area contributed by atoms with Crippen molar-refractivity contribution in [2.45, 2.75) is 5.03 Å². The van der Waals surface area contributed by atoms with Gasteiger partial charge in [0, 0.05) is 13.2 Å². The van der Waals surface area contributed by atoms with E-state index in [9.17, 15) is 8.42 Å². The molecule has 2 rings (SSSR count). The standard InChI is InChI=1S/C7H6BrClN6O2S/c1-15-6(5(8)12-14-15)18(16,17)13-4-2-3-10-7(9)11-4/h2-3H,1H3,(H,10,11,13). The quantitative estimate of drug-likeness (QED) is 0.820. The van der Waals surface area contributed by atoms with Crippen molar-refractivity contribution in [3.8, 4) is 0 Å². The van der Waals surface area contributed by atoms with Crippen LogP contribution < -0.4 is 4.72 Å². The van der Waals surface area contributed by atoms with Gasteiger partial charge in [-0.3, -0.25) is 4.72 Å². The highest BCUT2D eigenvalue weighted by molar-refractivity contribution is 9.10. The van der Waals surface area contributed by atoms with Gasteiger partial charge in [-0.25, -0.2) is 9.67 Å². The molecule has 96 valence electrons. The lowest BCUT2D eigenvalue weighted by Gasteiger charge is -2.06. The van der Waals surface area contributed by atoms with Crippen molar-refractivity contribution in [1.82, 2.24) is 25.0 Å². The largest absolute Gasteiger partial charge is 0.283 e. The first kappa shape index (κ1) is 13.2. The second-order valence-electron chi connectivity index (χ2n) is 3.13. The summed E-state index contributed by atoms with van der Waals surface area (Å²) >= 11 is 8.57. The summed E-state index contributed by atoms with van der Waals surface area (Å²) in [6.07, 6.45) is 1.34. The minimum atomic E-state index is -3.86. The second kappa shape index (κ2) is 4.78. The molecule has 0 saturated carbocycles. The molecule has 0 atom stereocenters. The van der Waals surface area contributed by atoms with Crippen LogP contribution in [-0.4, -0.2) is 33.4 Å². The van der Waals surface area contributed by atoms with Crippen molar-refractivity contribution >= 4 is 43.4 Å². The van der Waals surface area contributed by atoms with E-state index >= 15 is 0 Å². The molecular formula is C7H6BrClN6O2S. The highest BCUT2D eigenvalue weighted by Crippen LogP contribution is 2.20. The van der Waals surface area contributed by atoms with Gasteiger partial charge >= 0.3 is 0 Å². The molecule has 18 heavy (non-hydrogen) atoms. The zero-order valence-electron chi connectivity index (χ0n) is 8.87. The molecule has 0 saturated heterocycles. The highest BCUT2D eigenvalue weighted by Gasteiger charge is 2.24. The summed E-state index contributed by atoms with van der Waals surface area (Å²) in [6.45, 7) is 0. The molecular weight excluding hydrogens is 348 g/mol. The van der Waals surface area contributed by atoms with E-state index in [-0.39, 0.29) is 20.7 Å². The van der Waals surface area contributed by atoms with Gasteiger partial charge in [-0.1, -0.05) is 5.21 Å². The van der Waals surface area contributed by atoms with E-state index in [0.29, 0.717) is 0 Å². The molecule has 0 spiro atoms. The van der Waals surface area contributed by atoms with E-state index in [2.05, 4.69) is 40.9 Å². The SMILES string of the molecule is Cn1nnc(Br)c1S(=O)(=O)Nc1ccnc(Cl)n1. The van der Waals surface area contributed by atoms with E-state index in [1.165, 1.54) is 19.3 Å². The number of aryl methyl sites for hydroxylation is 1. The Morgan fingerprint density at radius 3 is 2.78 bits per heavy atom. The lowest BCUT2D eigenvalue weighted by atomic mass is 10.6. The smallest absolute Gasteiger partial charge is 0.262 e. The maximum atomic E-state index is 12.1. The van der Waals surface area contributed by atoms with Crippen LogP contribution in [0.5, 0.6) is 0 Å². The predicted octanol–water partition coefficient (Wildman–Crippen LogP) is 0.822. The van der Waals surface area contributed by atoms with Crippen LogP contribution in [0, 0.1) is 0 Å². The van der Waals surface area contributed by atoms with Gasteiger partial charge in [0.25, 0.3) is 10.0 Å². The minimum absolute atomic E-state index is 0.0580. The van der Waals surface area contributed by atoms with Gasteiger partial charge in [-0.2, -0.15) is 13.4 Å². The number of nitrogens with one attached hydrogen (secondary N) is 1. The summed E-state index contributed by atoms with van der Waals surface area (Å²) in [6, 6.07) is 1.38. The molecule has 1 N–H and O–H groups in total. The summed E-state index contributed by atoms with van der Waals surface area (Å²) in [4.78, 5) is 7.37. The number of halogens is 2. The van der Waals surface area contributed by atoms with Crippen molar-refractivity contribution in [2.75, 3.05) is 4.72 Å². The van der Waals surface area contributed by atoms with Crippen LogP contribution in [0.1, 0.15) is 0 Å². The average molecular weight is 354 g/mol. The van der Waals surface area contributed by atoms with Crippen molar-refractivity contribution < 1.29 is 8.42 Å². The maximum absolute atomic E-state index is 12.1. The van der Waals surface area contributed by atoms with Gasteiger partial charge in [-0.05, 0) is 33.6 Å². The summed E-state index contributed by atoms with van der Waals surface area (Å²) < 4.78 is 27.6. The Kier molecular flexibility index (Phi) is 3.50. The van der Waals surface area contributed by atoms with Crippen LogP contribution in [0.15, 0.2) is 21.9 Å². The van der Waals surface area contributed by atoms with E-state index in [1.54, 1.807) is 0 Å². The Balaban J connectivity index is 2.39. The van der Waals surface area contributed by atoms with Gasteiger partial charge in [0.1, 0.15) is 5.82 Å². The molecule has 0 unspecified atom stereocenters. The van der Waals surface area contributed by atoms with Crippen LogP contribution in [0.3, 0.4) is 0 Å². The maximum Gasteiger partial charge on any atom is 0.283 e. The van der Waals surface area contributed by atoms with Crippen molar-refractivity contribution in [1.29, 1.82) is 0 Å². The lowest BCUT2D eigenvalue weighted by Crippen LogP contribution is -2.18. The van der Waals surface area contributed by atoms with Crippen LogP contribution in [0.4, 0.5) is 5.82 Å². The molecule has 0 aromatic carbocycles. The molecule has 0 amide bonds. The molecule has 0 aliphatic rings. The monoisotopic (exact) mass is 352 g/mol. The fourth-order valence-electron chi connectivity index (χ4n) is 1.19. The molecule has 2 aromatic rings. The Morgan fingerprint density at radius 1 is 1.50 bits per heavy atom. The Labute approximate surface area is 116 Å². The van der Waals surface area contributed by atoms with Gasteiger partial charge in [0.2, 0.25) is 10.3 Å². The molecule has 2 aromatic heterocycles. The number of sulfonamides is 1. The van der Waals surface area contributed by atoms with Crippen LogP contribution in [0.25, 0.3) is 0 Å². The lowest BCUT2D eigenvalue weighted by molar-refractivity contribution is 0.578. The highest BCUT2D eigenvalue weighted by atomic mass is 79.9. The zero-order chi connectivity index (χ0) is 13.3. The fraction of sp³-hybridized carbons (Fsp3) is 0.143. The Hall–Kier alpha value is -1.26. The van der Waals surface area contributed by atoms with Gasteiger partial charge in [0.15, 0.2) is 4.60 Å². The molecule has 8 nitrogen and oxygen atoms in total. The number of hydrogen-bond acceptors (Lipinski definition) is 6. The third-order valence-corrected chi connectivity index (χ3v) is 4.28. The van der Waals surface area contributed by atoms with E-state index < -0.39 is 10.0 Å². The number of hydrogen-bond donors (Lipinski definition) is 1. The molecule has 0 radical (unpaired) electrons. The number of anilines is 1. The van der Waals surface area contributed by atoms with Crippen molar-refractivity contribution in [2.24, 2.45) is 7.05 Å². The molecule has 0 aliphatic heterocycles. The van der Waals surface area contributed by atoms with Gasteiger partial charge in [-0.15, -0.1) is 5.10 Å². The second-order valence-corrected chi connectivity index (χ2v) is 5.81. The summed E-state index contributed by atoms with van der Waals surface area (Å²) in [5, 5.41) is 7.01. The molecule has 0 aliphatic carbocycles.